The predicted octanol–water partition coefficient (Wildman–Crippen LogP) is 5.13. The summed E-state index contributed by atoms with van der Waals surface area (Å²) >= 11 is 5.79. The third-order valence-electron chi connectivity index (χ3n) is 3.29. The van der Waals surface area contributed by atoms with Gasteiger partial charge in [0.05, 0.1) is 16.3 Å². The predicted molar refractivity (Wildman–Crippen MR) is 83.4 cm³/mol. The van der Waals surface area contributed by atoms with Crippen LogP contribution in [-0.4, -0.2) is 6.03 Å². The second-order valence-electron chi connectivity index (χ2n) is 5.07. The first-order valence-corrected chi connectivity index (χ1v) is 7.21. The Bertz CT molecular complexity index is 762. The minimum atomic E-state index is -4.55. The second kappa shape index (κ2) is 7.09. The van der Waals surface area contributed by atoms with Crippen molar-refractivity contribution in [1.82, 2.24) is 5.32 Å². The third-order valence-corrected chi connectivity index (χ3v) is 3.62. The van der Waals surface area contributed by atoms with Crippen LogP contribution >= 0.6 is 11.6 Å². The molecule has 0 aliphatic rings. The first-order valence-electron chi connectivity index (χ1n) is 6.83. The first kappa shape index (κ1) is 18.1. The molecule has 0 saturated heterocycles. The Morgan fingerprint density at radius 1 is 1.17 bits per heavy atom. The lowest BCUT2D eigenvalue weighted by Crippen LogP contribution is -2.28. The Balaban J connectivity index is 2.06. The molecule has 0 spiro atoms. The summed E-state index contributed by atoms with van der Waals surface area (Å²) in [6.45, 7) is 1.77. The Morgan fingerprint density at radius 2 is 1.88 bits per heavy atom. The average molecular weight is 361 g/mol. The number of benzene rings is 2. The van der Waals surface area contributed by atoms with Crippen molar-refractivity contribution in [3.8, 4) is 0 Å². The van der Waals surface area contributed by atoms with Crippen molar-refractivity contribution in [1.29, 1.82) is 0 Å². The first-order chi connectivity index (χ1) is 11.2. The van der Waals surface area contributed by atoms with Crippen LogP contribution in [0.5, 0.6) is 0 Å². The molecular formula is C16H13ClF4N2O. The van der Waals surface area contributed by atoms with Crippen molar-refractivity contribution in [2.24, 2.45) is 0 Å². The highest BCUT2D eigenvalue weighted by Crippen LogP contribution is 2.33. The summed E-state index contributed by atoms with van der Waals surface area (Å²) in [4.78, 5) is 11.8. The molecule has 2 aromatic carbocycles. The maximum absolute atomic E-state index is 13.2. The Kier molecular flexibility index (Phi) is 5.33. The van der Waals surface area contributed by atoms with Gasteiger partial charge in [0.15, 0.2) is 0 Å². The van der Waals surface area contributed by atoms with E-state index in [9.17, 15) is 22.4 Å². The highest BCUT2D eigenvalue weighted by Gasteiger charge is 2.31. The summed E-state index contributed by atoms with van der Waals surface area (Å²) in [6, 6.07) is 6.00. The van der Waals surface area contributed by atoms with Crippen molar-refractivity contribution in [2.45, 2.75) is 19.6 Å². The van der Waals surface area contributed by atoms with Gasteiger partial charge in [-0.05, 0) is 48.4 Å². The van der Waals surface area contributed by atoms with Gasteiger partial charge in [0, 0.05) is 6.54 Å². The average Bonchev–Trinajstić information content (AvgIpc) is 2.49. The zero-order valence-corrected chi connectivity index (χ0v) is 13.2. The summed E-state index contributed by atoms with van der Waals surface area (Å²) in [5, 5.41) is 4.67. The fraction of sp³-hybridized carbons (Fsp3) is 0.188. The van der Waals surface area contributed by atoms with E-state index in [1.807, 2.05) is 0 Å². The number of anilines is 1. The minimum Gasteiger partial charge on any atom is -0.334 e. The van der Waals surface area contributed by atoms with E-state index in [-0.39, 0.29) is 17.3 Å². The molecule has 0 aromatic heterocycles. The number of carbonyl (C=O) groups excluding carboxylic acids is 1. The van der Waals surface area contributed by atoms with Gasteiger partial charge >= 0.3 is 12.2 Å². The molecule has 3 nitrogen and oxygen atoms in total. The molecule has 0 saturated carbocycles. The van der Waals surface area contributed by atoms with Crippen LogP contribution in [0.4, 0.5) is 28.0 Å². The van der Waals surface area contributed by atoms with Gasteiger partial charge in [-0.15, -0.1) is 0 Å². The Morgan fingerprint density at radius 3 is 2.54 bits per heavy atom. The van der Waals surface area contributed by atoms with Crippen molar-refractivity contribution in [2.75, 3.05) is 5.32 Å². The number of rotatable bonds is 3. The standard InChI is InChI=1S/C16H13ClF4N2O/c1-9-2-4-12(18)6-10(9)8-22-15(24)23-14-7-11(16(19,20)21)3-5-13(14)17/h2-7H,8H2,1H3,(H2,22,23,24). The molecule has 2 amide bonds. The highest BCUT2D eigenvalue weighted by atomic mass is 35.5. The van der Waals surface area contributed by atoms with Crippen molar-refractivity contribution < 1.29 is 22.4 Å². The maximum atomic E-state index is 13.2. The Labute approximate surface area is 140 Å². The molecule has 128 valence electrons. The zero-order valence-electron chi connectivity index (χ0n) is 12.5. The lowest BCUT2D eigenvalue weighted by Gasteiger charge is -2.13. The number of halogens is 5. The maximum Gasteiger partial charge on any atom is 0.416 e. The summed E-state index contributed by atoms with van der Waals surface area (Å²) in [6.07, 6.45) is -4.55. The molecule has 24 heavy (non-hydrogen) atoms. The third kappa shape index (κ3) is 4.61. The number of amides is 2. The smallest absolute Gasteiger partial charge is 0.334 e. The second-order valence-corrected chi connectivity index (χ2v) is 5.48. The molecule has 2 rings (SSSR count). The van der Waals surface area contributed by atoms with Gasteiger partial charge < -0.3 is 10.6 Å². The van der Waals surface area contributed by atoms with Gasteiger partial charge in [0.1, 0.15) is 5.82 Å². The van der Waals surface area contributed by atoms with E-state index in [0.29, 0.717) is 5.56 Å². The van der Waals surface area contributed by atoms with Crippen LogP contribution in [0.15, 0.2) is 36.4 Å². The largest absolute Gasteiger partial charge is 0.416 e. The molecule has 0 fully saturated rings. The molecule has 0 radical (unpaired) electrons. The van der Waals surface area contributed by atoms with E-state index >= 15 is 0 Å². The molecule has 2 aromatic rings. The molecule has 0 aliphatic carbocycles. The number of alkyl halides is 3. The van der Waals surface area contributed by atoms with Crippen LogP contribution in [0, 0.1) is 12.7 Å². The quantitative estimate of drug-likeness (QED) is 0.732. The molecule has 2 N–H and O–H groups in total. The summed E-state index contributed by atoms with van der Waals surface area (Å²) < 4.78 is 51.2. The molecular weight excluding hydrogens is 348 g/mol. The Hall–Kier alpha value is -2.28. The van der Waals surface area contributed by atoms with Crippen LogP contribution < -0.4 is 10.6 Å². The molecule has 0 heterocycles. The molecule has 0 atom stereocenters. The topological polar surface area (TPSA) is 41.1 Å². The van der Waals surface area contributed by atoms with Gasteiger partial charge in [-0.3, -0.25) is 0 Å². The molecule has 0 aliphatic heterocycles. The van der Waals surface area contributed by atoms with E-state index in [4.69, 9.17) is 11.6 Å². The van der Waals surface area contributed by atoms with Crippen molar-refractivity contribution >= 4 is 23.3 Å². The fourth-order valence-electron chi connectivity index (χ4n) is 1.97. The summed E-state index contributed by atoms with van der Waals surface area (Å²) in [5.74, 6) is -0.446. The van der Waals surface area contributed by atoms with Gasteiger partial charge in [0.25, 0.3) is 0 Å². The van der Waals surface area contributed by atoms with Gasteiger partial charge in [0.2, 0.25) is 0 Å². The van der Waals surface area contributed by atoms with Crippen LogP contribution in [-0.2, 0) is 12.7 Å². The van der Waals surface area contributed by atoms with Crippen LogP contribution in [0.2, 0.25) is 5.02 Å². The van der Waals surface area contributed by atoms with Gasteiger partial charge in [-0.2, -0.15) is 13.2 Å². The lowest BCUT2D eigenvalue weighted by atomic mass is 10.1. The molecule has 0 bridgehead atoms. The normalized spacial score (nSPS) is 11.2. The van der Waals surface area contributed by atoms with Gasteiger partial charge in [-0.1, -0.05) is 17.7 Å². The summed E-state index contributed by atoms with van der Waals surface area (Å²) in [7, 11) is 0. The number of hydrogen-bond acceptors (Lipinski definition) is 1. The zero-order chi connectivity index (χ0) is 17.9. The molecule has 8 heteroatoms. The number of carbonyl (C=O) groups is 1. The number of nitrogens with one attached hydrogen (secondary N) is 2. The number of hydrogen-bond donors (Lipinski definition) is 2. The van der Waals surface area contributed by atoms with E-state index in [2.05, 4.69) is 10.6 Å². The molecule has 0 unspecified atom stereocenters. The fourth-order valence-corrected chi connectivity index (χ4v) is 2.13. The van der Waals surface area contributed by atoms with E-state index in [1.54, 1.807) is 13.0 Å². The van der Waals surface area contributed by atoms with E-state index in [1.165, 1.54) is 12.1 Å². The van der Waals surface area contributed by atoms with Crippen LogP contribution in [0.1, 0.15) is 16.7 Å². The van der Waals surface area contributed by atoms with E-state index in [0.717, 1.165) is 23.8 Å². The van der Waals surface area contributed by atoms with E-state index < -0.39 is 23.6 Å². The van der Waals surface area contributed by atoms with Crippen molar-refractivity contribution in [3.05, 3.63) is 63.9 Å². The van der Waals surface area contributed by atoms with Gasteiger partial charge in [-0.25, -0.2) is 9.18 Å². The highest BCUT2D eigenvalue weighted by molar-refractivity contribution is 6.33. The van der Waals surface area contributed by atoms with Crippen molar-refractivity contribution in [3.63, 3.8) is 0 Å². The number of aryl methyl sites for hydroxylation is 1. The SMILES string of the molecule is Cc1ccc(F)cc1CNC(=O)Nc1cc(C(F)(F)F)ccc1Cl. The monoisotopic (exact) mass is 360 g/mol. The number of urea groups is 1. The lowest BCUT2D eigenvalue weighted by molar-refractivity contribution is -0.137. The van der Waals surface area contributed by atoms with Crippen LogP contribution in [0.25, 0.3) is 0 Å². The van der Waals surface area contributed by atoms with Crippen LogP contribution in [0.3, 0.4) is 0 Å². The summed E-state index contributed by atoms with van der Waals surface area (Å²) in [5.41, 5.74) is 0.234. The minimum absolute atomic E-state index is 0.0198.